The number of benzene rings is 1. The molecule has 0 aliphatic rings. The number of nitrogens with one attached hydrogen (secondary N) is 1. The molecule has 8 nitrogen and oxygen atoms in total. The number of sulfonamides is 1. The van der Waals surface area contributed by atoms with Crippen LogP contribution in [-0.4, -0.2) is 47.9 Å². The first-order valence-electron chi connectivity index (χ1n) is 6.39. The predicted octanol–water partition coefficient (Wildman–Crippen LogP) is 0.636. The largest absolute Gasteiger partial charge is 0.394 e. The van der Waals surface area contributed by atoms with Gasteiger partial charge >= 0.3 is 0 Å². The summed E-state index contributed by atoms with van der Waals surface area (Å²) in [6.45, 7) is -0.194. The highest BCUT2D eigenvalue weighted by molar-refractivity contribution is 7.94. The van der Waals surface area contributed by atoms with E-state index in [1.54, 1.807) is 18.2 Å². The molecule has 0 aliphatic heterocycles. The molecule has 0 radical (unpaired) electrons. The van der Waals surface area contributed by atoms with Crippen molar-refractivity contribution in [2.24, 2.45) is 0 Å². The second kappa shape index (κ2) is 7.16. The summed E-state index contributed by atoms with van der Waals surface area (Å²) in [4.78, 5) is 7.50. The van der Waals surface area contributed by atoms with Gasteiger partial charge in [-0.05, 0) is 36.7 Å². The molecule has 0 bridgehead atoms. The third kappa shape index (κ3) is 4.38. The van der Waals surface area contributed by atoms with E-state index in [-0.39, 0.29) is 24.0 Å². The first-order chi connectivity index (χ1) is 10.5. The normalized spacial score (nSPS) is 12.6. The average molecular weight is 323 g/mol. The molecule has 0 saturated heterocycles. The van der Waals surface area contributed by atoms with Gasteiger partial charge in [0.2, 0.25) is 10.0 Å². The minimum absolute atomic E-state index is 0.00760. The number of hydrogen-bond donors (Lipinski definition) is 3. The molecule has 3 N–H and O–H groups in total. The molecule has 0 fully saturated rings. The van der Waals surface area contributed by atoms with Crippen LogP contribution in [0.25, 0.3) is 4.72 Å². The van der Waals surface area contributed by atoms with Crippen molar-refractivity contribution in [2.75, 3.05) is 18.5 Å². The number of rotatable bonds is 7. The Bertz CT molecular complexity index is 692. The molecule has 0 amide bonds. The maximum atomic E-state index is 12.1. The van der Waals surface area contributed by atoms with Crippen molar-refractivity contribution in [1.29, 1.82) is 0 Å². The third-order valence-electron chi connectivity index (χ3n) is 2.66. The van der Waals surface area contributed by atoms with E-state index in [9.17, 15) is 13.5 Å². The van der Waals surface area contributed by atoms with E-state index < -0.39 is 16.1 Å². The van der Waals surface area contributed by atoms with Crippen LogP contribution < -0.4 is 5.32 Å². The number of nitrogens with zero attached hydrogens (tertiary/aromatic N) is 3. The van der Waals surface area contributed by atoms with Gasteiger partial charge in [-0.1, -0.05) is 6.07 Å². The first kappa shape index (κ1) is 16.1. The summed E-state index contributed by atoms with van der Waals surface area (Å²) in [5, 5.41) is 20.8. The van der Waals surface area contributed by atoms with Crippen LogP contribution in [-0.2, 0) is 10.0 Å². The second-order valence-electron chi connectivity index (χ2n) is 4.36. The van der Waals surface area contributed by atoms with Crippen LogP contribution >= 0.6 is 0 Å². The van der Waals surface area contributed by atoms with Crippen molar-refractivity contribution >= 4 is 21.7 Å². The molecule has 1 aromatic carbocycles. The van der Waals surface area contributed by atoms with Crippen molar-refractivity contribution in [3.8, 4) is 0 Å². The molecule has 0 saturated carbocycles. The Morgan fingerprint density at radius 1 is 1.18 bits per heavy atom. The highest BCUT2D eigenvalue weighted by Crippen LogP contribution is 2.24. The summed E-state index contributed by atoms with van der Waals surface area (Å²) < 4.78 is 27.7. The molecule has 1 heterocycles. The summed E-state index contributed by atoms with van der Waals surface area (Å²) in [7, 11) is -3.88. The Morgan fingerprint density at radius 2 is 1.82 bits per heavy atom. The molecular formula is C13H15N4O4S-. The van der Waals surface area contributed by atoms with Crippen LogP contribution in [0.4, 0.5) is 11.6 Å². The molecule has 22 heavy (non-hydrogen) atoms. The van der Waals surface area contributed by atoms with Crippen molar-refractivity contribution in [3.63, 3.8) is 0 Å². The van der Waals surface area contributed by atoms with E-state index in [0.717, 1.165) is 0 Å². The Kier molecular flexibility index (Phi) is 5.26. The van der Waals surface area contributed by atoms with Gasteiger partial charge in [0.1, 0.15) is 0 Å². The van der Waals surface area contributed by atoms with Crippen LogP contribution in [0.2, 0.25) is 0 Å². The number of aromatic nitrogens is 2. The lowest BCUT2D eigenvalue weighted by atomic mass is 10.3. The van der Waals surface area contributed by atoms with Gasteiger partial charge in [0.25, 0.3) is 0 Å². The highest BCUT2D eigenvalue weighted by Gasteiger charge is 2.11. The zero-order valence-electron chi connectivity index (χ0n) is 11.5. The Labute approximate surface area is 127 Å². The van der Waals surface area contributed by atoms with E-state index in [4.69, 9.17) is 5.11 Å². The molecule has 118 valence electrons. The molecule has 0 aliphatic carbocycles. The summed E-state index contributed by atoms with van der Waals surface area (Å²) in [6, 6.07) is 7.41. The fraction of sp³-hybridized carbons (Fsp3) is 0.231. The van der Waals surface area contributed by atoms with Crippen LogP contribution in [0.3, 0.4) is 0 Å². The molecule has 9 heteroatoms. The summed E-state index contributed by atoms with van der Waals surface area (Å²) in [6.07, 6.45) is 1.93. The second-order valence-corrected chi connectivity index (χ2v) is 5.96. The molecular weight excluding hydrogens is 308 g/mol. The van der Waals surface area contributed by atoms with Gasteiger partial charge in [0.15, 0.2) is 0 Å². The SMILES string of the molecule is O=S(=O)([N-]c1ncccn1)c1ccc(NCC(O)CO)cc1. The number of aliphatic hydroxyl groups excluding tert-OH is 2. The maximum Gasteiger partial charge on any atom is 0.229 e. The van der Waals surface area contributed by atoms with E-state index >= 15 is 0 Å². The van der Waals surface area contributed by atoms with Crippen LogP contribution in [0.1, 0.15) is 0 Å². The number of anilines is 1. The molecule has 1 atom stereocenters. The van der Waals surface area contributed by atoms with Crippen LogP contribution in [0, 0.1) is 0 Å². The van der Waals surface area contributed by atoms with Gasteiger partial charge < -0.3 is 25.5 Å². The standard InChI is InChI=1S/C13H15N4O4S/c18-9-11(19)8-16-10-2-4-12(5-3-10)22(20,21)17-13-14-6-1-7-15-13/h1-7,11,16,18-19H,8-9H2/q-1. The van der Waals surface area contributed by atoms with E-state index in [1.807, 2.05) is 0 Å². The van der Waals surface area contributed by atoms with Crippen molar-refractivity contribution in [3.05, 3.63) is 47.4 Å². The predicted molar refractivity (Wildman–Crippen MR) is 80.3 cm³/mol. The van der Waals surface area contributed by atoms with Gasteiger partial charge in [0.05, 0.1) is 17.6 Å². The Morgan fingerprint density at radius 3 is 2.41 bits per heavy atom. The first-order valence-corrected chi connectivity index (χ1v) is 7.83. The number of hydrogen-bond acceptors (Lipinski definition) is 7. The van der Waals surface area contributed by atoms with Crippen LogP contribution in [0.15, 0.2) is 47.6 Å². The lowest BCUT2D eigenvalue weighted by molar-refractivity contribution is 0.105. The summed E-state index contributed by atoms with van der Waals surface area (Å²) >= 11 is 0. The Balaban J connectivity index is 2.06. The highest BCUT2D eigenvalue weighted by atomic mass is 32.2. The lowest BCUT2D eigenvalue weighted by Crippen LogP contribution is -2.22. The van der Waals surface area contributed by atoms with Gasteiger partial charge in [-0.3, -0.25) is 4.72 Å². The van der Waals surface area contributed by atoms with Gasteiger partial charge in [-0.2, -0.15) is 0 Å². The van der Waals surface area contributed by atoms with Crippen molar-refractivity contribution < 1.29 is 18.6 Å². The van der Waals surface area contributed by atoms with E-state index in [2.05, 4.69) is 20.0 Å². The third-order valence-corrected chi connectivity index (χ3v) is 3.93. The smallest absolute Gasteiger partial charge is 0.229 e. The summed E-state index contributed by atoms with van der Waals surface area (Å²) in [5.74, 6) is -0.129. The molecule has 1 aromatic heterocycles. The molecule has 2 rings (SSSR count). The Hall–Kier alpha value is -2.23. The minimum atomic E-state index is -3.88. The van der Waals surface area contributed by atoms with Crippen LogP contribution in [0.5, 0.6) is 0 Å². The topological polar surface area (TPSA) is 127 Å². The van der Waals surface area contributed by atoms with E-state index in [0.29, 0.717) is 5.69 Å². The fourth-order valence-electron chi connectivity index (χ4n) is 1.54. The zero-order valence-corrected chi connectivity index (χ0v) is 12.3. The van der Waals surface area contributed by atoms with Gasteiger partial charge in [0, 0.05) is 18.2 Å². The molecule has 0 spiro atoms. The zero-order chi connectivity index (χ0) is 16.0. The quantitative estimate of drug-likeness (QED) is 0.682. The van der Waals surface area contributed by atoms with Gasteiger partial charge in [-0.15, -0.1) is 0 Å². The number of aliphatic hydroxyl groups is 2. The average Bonchev–Trinajstić information content (AvgIpc) is 2.53. The molecule has 2 aromatic rings. The monoisotopic (exact) mass is 323 g/mol. The van der Waals surface area contributed by atoms with Gasteiger partial charge in [-0.25, -0.2) is 8.42 Å². The fourth-order valence-corrected chi connectivity index (χ4v) is 2.44. The maximum absolute atomic E-state index is 12.1. The van der Waals surface area contributed by atoms with E-state index in [1.165, 1.54) is 24.5 Å². The lowest BCUT2D eigenvalue weighted by Gasteiger charge is -2.13. The molecule has 1 unspecified atom stereocenters. The summed E-state index contributed by atoms with van der Waals surface area (Å²) in [5.41, 5.74) is 0.613. The minimum Gasteiger partial charge on any atom is -0.394 e. The van der Waals surface area contributed by atoms with Crippen molar-refractivity contribution in [1.82, 2.24) is 9.97 Å². The van der Waals surface area contributed by atoms with Crippen molar-refractivity contribution in [2.45, 2.75) is 11.0 Å².